The van der Waals surface area contributed by atoms with Gasteiger partial charge >= 0.3 is 0 Å². The summed E-state index contributed by atoms with van der Waals surface area (Å²) < 4.78 is 25.5. The quantitative estimate of drug-likeness (QED) is 0.851. The first-order valence-corrected chi connectivity index (χ1v) is 11.4. The number of sulfone groups is 1. The molecule has 2 aliphatic rings. The summed E-state index contributed by atoms with van der Waals surface area (Å²) >= 11 is 0. The van der Waals surface area contributed by atoms with E-state index in [0.29, 0.717) is 24.0 Å². The van der Waals surface area contributed by atoms with Crippen molar-refractivity contribution in [1.29, 1.82) is 0 Å². The van der Waals surface area contributed by atoms with E-state index in [2.05, 4.69) is 24.3 Å². The Morgan fingerprint density at radius 2 is 1.89 bits per heavy atom. The van der Waals surface area contributed by atoms with Gasteiger partial charge in [0.2, 0.25) is 0 Å². The molecule has 1 saturated carbocycles. The second-order valence-electron chi connectivity index (χ2n) is 7.96. The van der Waals surface area contributed by atoms with Crippen molar-refractivity contribution in [3.05, 3.63) is 47.3 Å². The number of amides is 1. The lowest BCUT2D eigenvalue weighted by molar-refractivity contribution is 0.102. The van der Waals surface area contributed by atoms with Gasteiger partial charge in [-0.2, -0.15) is 5.10 Å². The van der Waals surface area contributed by atoms with Gasteiger partial charge in [-0.25, -0.2) is 8.42 Å². The van der Waals surface area contributed by atoms with Crippen LogP contribution in [-0.2, 0) is 9.84 Å². The molecule has 7 heteroatoms. The molecule has 6 nitrogen and oxygen atoms in total. The number of carbonyl (C=O) groups excluding carboxylic acids is 1. The number of hydrogen-bond donors (Lipinski definition) is 1. The van der Waals surface area contributed by atoms with E-state index in [1.807, 2.05) is 30.3 Å². The highest BCUT2D eigenvalue weighted by atomic mass is 32.2. The minimum Gasteiger partial charge on any atom is -0.321 e. The fraction of sp³-hybridized carbons (Fsp3) is 0.500. The molecule has 2 aromatic rings. The second-order valence-corrected chi connectivity index (χ2v) is 10.2. The molecule has 144 valence electrons. The van der Waals surface area contributed by atoms with Crippen molar-refractivity contribution in [2.45, 2.75) is 51.0 Å². The first-order valence-electron chi connectivity index (χ1n) is 9.53. The lowest BCUT2D eigenvalue weighted by atomic mass is 10.0. The smallest absolute Gasteiger partial charge is 0.276 e. The highest BCUT2D eigenvalue weighted by molar-refractivity contribution is 7.91. The van der Waals surface area contributed by atoms with Gasteiger partial charge in [0, 0.05) is 17.3 Å². The maximum Gasteiger partial charge on any atom is 0.276 e. The number of carbonyl (C=O) groups is 1. The van der Waals surface area contributed by atoms with Crippen LogP contribution in [0, 0.1) is 0 Å². The van der Waals surface area contributed by atoms with Crippen LogP contribution in [-0.4, -0.2) is 35.6 Å². The standard InChI is InChI=1S/C20H25N3O3S/c1-13(2)14-5-7-16(8-6-14)21-20(24)18-11-19(15-3-4-15)23(22-18)17-9-10-27(25,26)12-17/h5-8,11,13,15,17H,3-4,9-10,12H2,1-2H3,(H,21,24)/t17-/m0/s1. The predicted octanol–water partition coefficient (Wildman–Crippen LogP) is 3.50. The molecule has 1 aromatic heterocycles. The fourth-order valence-electron chi connectivity index (χ4n) is 3.61. The van der Waals surface area contributed by atoms with Crippen LogP contribution < -0.4 is 5.32 Å². The molecule has 1 aliphatic heterocycles. The Balaban J connectivity index is 1.54. The molecule has 0 bridgehead atoms. The van der Waals surface area contributed by atoms with Crippen LogP contribution in [0.2, 0.25) is 0 Å². The molecule has 0 radical (unpaired) electrons. The fourth-order valence-corrected chi connectivity index (χ4v) is 5.30. The van der Waals surface area contributed by atoms with Crippen molar-refractivity contribution in [3.8, 4) is 0 Å². The minimum atomic E-state index is -3.00. The Labute approximate surface area is 159 Å². The van der Waals surface area contributed by atoms with Crippen molar-refractivity contribution in [3.63, 3.8) is 0 Å². The summed E-state index contributed by atoms with van der Waals surface area (Å²) in [6.45, 7) is 4.26. The lowest BCUT2D eigenvalue weighted by Crippen LogP contribution is -2.17. The summed E-state index contributed by atoms with van der Waals surface area (Å²) in [5.74, 6) is 0.896. The molecule has 27 heavy (non-hydrogen) atoms. The van der Waals surface area contributed by atoms with Gasteiger partial charge in [0.15, 0.2) is 15.5 Å². The second kappa shape index (κ2) is 6.78. The Bertz CT molecular complexity index is 957. The number of nitrogens with zero attached hydrogens (tertiary/aromatic N) is 2. The van der Waals surface area contributed by atoms with Gasteiger partial charge in [0.25, 0.3) is 5.91 Å². The Kier molecular flexibility index (Phi) is 4.58. The summed E-state index contributed by atoms with van der Waals surface area (Å²) in [6.07, 6.45) is 2.72. The van der Waals surface area contributed by atoms with Gasteiger partial charge in [-0.3, -0.25) is 9.48 Å². The molecule has 1 aromatic carbocycles. The summed E-state index contributed by atoms with van der Waals surface area (Å²) in [6, 6.07) is 9.50. The van der Waals surface area contributed by atoms with Crippen LogP contribution in [0.3, 0.4) is 0 Å². The number of nitrogens with one attached hydrogen (secondary N) is 1. The first-order chi connectivity index (χ1) is 12.8. The van der Waals surface area contributed by atoms with E-state index >= 15 is 0 Å². The van der Waals surface area contributed by atoms with E-state index in [1.54, 1.807) is 4.68 Å². The van der Waals surface area contributed by atoms with Gasteiger partial charge in [0.1, 0.15) is 0 Å². The zero-order chi connectivity index (χ0) is 19.2. The summed E-state index contributed by atoms with van der Waals surface area (Å²) in [4.78, 5) is 12.7. The van der Waals surface area contributed by atoms with Crippen LogP contribution in [0.25, 0.3) is 0 Å². The Hall–Kier alpha value is -2.15. The molecule has 1 aliphatic carbocycles. The minimum absolute atomic E-state index is 0.117. The summed E-state index contributed by atoms with van der Waals surface area (Å²) in [5, 5.41) is 7.40. The van der Waals surface area contributed by atoms with E-state index in [0.717, 1.165) is 24.2 Å². The summed E-state index contributed by atoms with van der Waals surface area (Å²) in [7, 11) is -3.00. The third kappa shape index (κ3) is 3.93. The average molecular weight is 388 g/mol. The van der Waals surface area contributed by atoms with E-state index < -0.39 is 9.84 Å². The third-order valence-corrected chi connectivity index (χ3v) is 7.13. The van der Waals surface area contributed by atoms with Gasteiger partial charge < -0.3 is 5.32 Å². The maximum atomic E-state index is 12.7. The monoisotopic (exact) mass is 387 g/mol. The molecular weight excluding hydrogens is 362 g/mol. The molecule has 1 N–H and O–H groups in total. The van der Waals surface area contributed by atoms with E-state index in [9.17, 15) is 13.2 Å². The third-order valence-electron chi connectivity index (χ3n) is 5.38. The van der Waals surface area contributed by atoms with Gasteiger partial charge in [-0.1, -0.05) is 26.0 Å². The van der Waals surface area contributed by atoms with Crippen molar-refractivity contribution < 1.29 is 13.2 Å². The zero-order valence-electron chi connectivity index (χ0n) is 15.7. The predicted molar refractivity (Wildman–Crippen MR) is 105 cm³/mol. The average Bonchev–Trinajstić information content (AvgIpc) is 3.26. The van der Waals surface area contributed by atoms with E-state index in [1.165, 1.54) is 5.56 Å². The van der Waals surface area contributed by atoms with Crippen molar-refractivity contribution >= 4 is 21.4 Å². The van der Waals surface area contributed by atoms with Crippen LogP contribution >= 0.6 is 0 Å². The topological polar surface area (TPSA) is 81.1 Å². The molecule has 1 amide bonds. The number of aromatic nitrogens is 2. The van der Waals surface area contributed by atoms with E-state index in [-0.39, 0.29) is 23.5 Å². The normalized spacial score (nSPS) is 21.5. The Morgan fingerprint density at radius 3 is 2.44 bits per heavy atom. The van der Waals surface area contributed by atoms with Crippen LogP contribution in [0.1, 0.15) is 72.7 Å². The van der Waals surface area contributed by atoms with Crippen LogP contribution in [0.4, 0.5) is 5.69 Å². The molecule has 1 atom stereocenters. The SMILES string of the molecule is CC(C)c1ccc(NC(=O)c2cc(C3CC3)n([C@H]3CCS(=O)(=O)C3)n2)cc1. The van der Waals surface area contributed by atoms with Crippen molar-refractivity contribution in [2.24, 2.45) is 0 Å². The molecule has 2 heterocycles. The van der Waals surface area contributed by atoms with Crippen LogP contribution in [0.15, 0.2) is 30.3 Å². The highest BCUT2D eigenvalue weighted by Gasteiger charge is 2.36. The zero-order valence-corrected chi connectivity index (χ0v) is 16.5. The molecule has 0 spiro atoms. The highest BCUT2D eigenvalue weighted by Crippen LogP contribution is 2.42. The number of hydrogen-bond acceptors (Lipinski definition) is 4. The van der Waals surface area contributed by atoms with Gasteiger partial charge in [-0.15, -0.1) is 0 Å². The largest absolute Gasteiger partial charge is 0.321 e. The van der Waals surface area contributed by atoms with Gasteiger partial charge in [-0.05, 0) is 48.9 Å². The summed E-state index contributed by atoms with van der Waals surface area (Å²) in [5.41, 5.74) is 3.30. The maximum absolute atomic E-state index is 12.7. The lowest BCUT2D eigenvalue weighted by Gasteiger charge is -2.12. The molecule has 2 fully saturated rings. The number of benzene rings is 1. The van der Waals surface area contributed by atoms with E-state index in [4.69, 9.17) is 0 Å². The van der Waals surface area contributed by atoms with Crippen molar-refractivity contribution in [1.82, 2.24) is 9.78 Å². The molecule has 0 unspecified atom stereocenters. The van der Waals surface area contributed by atoms with Gasteiger partial charge in [0.05, 0.1) is 17.5 Å². The number of rotatable bonds is 5. The first kappa shape index (κ1) is 18.2. The molecular formula is C20H25N3O3S. The number of anilines is 1. The Morgan fingerprint density at radius 1 is 1.19 bits per heavy atom. The molecule has 1 saturated heterocycles. The van der Waals surface area contributed by atoms with Crippen molar-refractivity contribution in [2.75, 3.05) is 16.8 Å². The van der Waals surface area contributed by atoms with Crippen LogP contribution in [0.5, 0.6) is 0 Å². The molecule has 4 rings (SSSR count).